The fraction of sp³-hybridized carbons (Fsp3) is 0.714. The number of Topliss-reactive ketones (excluding diaryl/α,β-unsaturated/α-hetero) is 2. The zero-order valence-electron chi connectivity index (χ0n) is 7.67. The van der Waals surface area contributed by atoms with Gasteiger partial charge in [-0.1, -0.05) is 6.92 Å². The van der Waals surface area contributed by atoms with E-state index in [-0.39, 0.29) is 0 Å². The fourth-order valence-corrected chi connectivity index (χ4v) is 0.659. The highest BCUT2D eigenvalue weighted by atomic mass is 19.4. The van der Waals surface area contributed by atoms with Gasteiger partial charge in [0.05, 0.1) is 0 Å². The molecule has 0 spiro atoms. The Bertz CT molecular complexity index is 304. The first kappa shape index (κ1) is 14.8. The summed E-state index contributed by atoms with van der Waals surface area (Å²) in [6.07, 6.45) is -7.47. The fourth-order valence-electron chi connectivity index (χ4n) is 0.659. The molecule has 0 fully saturated rings. The number of hydrogen-bond donors (Lipinski definition) is 0. The van der Waals surface area contributed by atoms with Gasteiger partial charge in [-0.3, -0.25) is 9.59 Å². The molecule has 94 valence electrons. The van der Waals surface area contributed by atoms with Gasteiger partial charge in [0.1, 0.15) is 0 Å². The summed E-state index contributed by atoms with van der Waals surface area (Å²) in [7, 11) is 0. The summed E-state index contributed by atoms with van der Waals surface area (Å²) in [6, 6.07) is 0. The Morgan fingerprint density at radius 3 is 1.50 bits per heavy atom. The first-order valence-corrected chi connectivity index (χ1v) is 3.79. The predicted molar refractivity (Wildman–Crippen MR) is 36.3 cm³/mol. The lowest BCUT2D eigenvalue weighted by atomic mass is 10.0. The van der Waals surface area contributed by atoms with E-state index >= 15 is 0 Å². The zero-order chi connectivity index (χ0) is 13.4. The molecule has 0 aliphatic heterocycles. The Labute approximate surface area is 84.4 Å². The van der Waals surface area contributed by atoms with Gasteiger partial charge in [-0.2, -0.15) is 30.7 Å². The van der Waals surface area contributed by atoms with Crippen LogP contribution in [0.25, 0.3) is 0 Å². The number of halogens is 7. The highest BCUT2D eigenvalue weighted by Crippen LogP contribution is 2.38. The average molecular weight is 254 g/mol. The van der Waals surface area contributed by atoms with Crippen LogP contribution in [-0.2, 0) is 9.59 Å². The largest absolute Gasteiger partial charge is 0.458 e. The molecule has 0 bridgehead atoms. The molecule has 0 N–H and O–H groups in total. The third-order valence-corrected chi connectivity index (χ3v) is 1.65. The molecule has 2 nitrogen and oxygen atoms in total. The summed E-state index contributed by atoms with van der Waals surface area (Å²) >= 11 is 0. The quantitative estimate of drug-likeness (QED) is 0.570. The summed E-state index contributed by atoms with van der Waals surface area (Å²) < 4.78 is 84.7. The number of carbonyl (C=O) groups is 2. The maximum absolute atomic E-state index is 12.6. The molecular formula is C7H5F7O2. The van der Waals surface area contributed by atoms with Crippen LogP contribution in [0.4, 0.5) is 30.7 Å². The Morgan fingerprint density at radius 2 is 1.25 bits per heavy atom. The Morgan fingerprint density at radius 1 is 0.875 bits per heavy atom. The maximum Gasteiger partial charge on any atom is 0.458 e. The molecule has 16 heavy (non-hydrogen) atoms. The van der Waals surface area contributed by atoms with Crippen molar-refractivity contribution in [1.29, 1.82) is 0 Å². The second kappa shape index (κ2) is 4.02. The maximum atomic E-state index is 12.6. The molecule has 0 saturated heterocycles. The standard InChI is InChI=1S/C7H5F7O2/c1-2-5(8,9)6(10,11)3(15)4(16)7(12,13)14/h2H2,1H3. The van der Waals surface area contributed by atoms with Crippen LogP contribution in [0.1, 0.15) is 13.3 Å². The van der Waals surface area contributed by atoms with Crippen molar-refractivity contribution in [2.24, 2.45) is 0 Å². The van der Waals surface area contributed by atoms with Gasteiger partial charge < -0.3 is 0 Å². The van der Waals surface area contributed by atoms with Gasteiger partial charge in [-0.05, 0) is 0 Å². The van der Waals surface area contributed by atoms with Gasteiger partial charge in [0.25, 0.3) is 5.78 Å². The van der Waals surface area contributed by atoms with Crippen LogP contribution in [0, 0.1) is 0 Å². The van der Waals surface area contributed by atoms with E-state index in [0.717, 1.165) is 0 Å². The number of rotatable bonds is 4. The van der Waals surface area contributed by atoms with Crippen LogP contribution in [0.5, 0.6) is 0 Å². The average Bonchev–Trinajstić information content (AvgIpc) is 2.13. The van der Waals surface area contributed by atoms with Crippen molar-refractivity contribution < 1.29 is 40.3 Å². The van der Waals surface area contributed by atoms with Crippen molar-refractivity contribution in [1.82, 2.24) is 0 Å². The molecule has 0 atom stereocenters. The summed E-state index contributed by atoms with van der Waals surface area (Å²) in [4.78, 5) is 20.4. The zero-order valence-corrected chi connectivity index (χ0v) is 7.67. The van der Waals surface area contributed by atoms with E-state index in [2.05, 4.69) is 0 Å². The van der Waals surface area contributed by atoms with E-state index in [4.69, 9.17) is 0 Å². The van der Waals surface area contributed by atoms with Crippen molar-refractivity contribution >= 4 is 11.6 Å². The van der Waals surface area contributed by atoms with Crippen LogP contribution in [0.15, 0.2) is 0 Å². The Balaban J connectivity index is 5.22. The van der Waals surface area contributed by atoms with Crippen LogP contribution in [0.2, 0.25) is 0 Å². The number of alkyl halides is 7. The van der Waals surface area contributed by atoms with E-state index in [1.807, 2.05) is 0 Å². The summed E-state index contributed by atoms with van der Waals surface area (Å²) in [5.41, 5.74) is 0. The minimum absolute atomic E-state index is 0.541. The van der Waals surface area contributed by atoms with Crippen molar-refractivity contribution in [2.75, 3.05) is 0 Å². The van der Waals surface area contributed by atoms with E-state index in [1.54, 1.807) is 0 Å². The molecule has 0 aliphatic carbocycles. The van der Waals surface area contributed by atoms with E-state index in [1.165, 1.54) is 0 Å². The van der Waals surface area contributed by atoms with Gasteiger partial charge in [0.15, 0.2) is 0 Å². The second-order valence-electron chi connectivity index (χ2n) is 2.79. The van der Waals surface area contributed by atoms with E-state index in [0.29, 0.717) is 6.92 Å². The van der Waals surface area contributed by atoms with Crippen LogP contribution in [-0.4, -0.2) is 29.6 Å². The molecule has 0 unspecified atom stereocenters. The van der Waals surface area contributed by atoms with Crippen molar-refractivity contribution in [3.63, 3.8) is 0 Å². The molecule has 0 aliphatic rings. The highest BCUT2D eigenvalue weighted by molar-refractivity contribution is 6.42. The Hall–Kier alpha value is -1.15. The predicted octanol–water partition coefficient (Wildman–Crippen LogP) is 2.37. The molecule has 0 aromatic rings. The van der Waals surface area contributed by atoms with E-state index < -0.39 is 36.0 Å². The summed E-state index contributed by atoms with van der Waals surface area (Å²) in [5, 5.41) is 0. The SMILES string of the molecule is CCC(F)(F)C(F)(F)C(=O)C(=O)C(F)(F)F. The van der Waals surface area contributed by atoms with Gasteiger partial charge in [0.2, 0.25) is 0 Å². The van der Waals surface area contributed by atoms with Crippen molar-refractivity contribution in [2.45, 2.75) is 31.4 Å². The minimum atomic E-state index is -5.90. The first-order valence-electron chi connectivity index (χ1n) is 3.79. The van der Waals surface area contributed by atoms with Gasteiger partial charge in [0, 0.05) is 6.42 Å². The van der Waals surface area contributed by atoms with Gasteiger partial charge >= 0.3 is 23.8 Å². The molecule has 9 heteroatoms. The number of carbonyl (C=O) groups excluding carboxylic acids is 2. The number of hydrogen-bond acceptors (Lipinski definition) is 2. The molecule has 0 amide bonds. The lowest BCUT2D eigenvalue weighted by Gasteiger charge is -2.23. The molecule has 0 aromatic heterocycles. The highest BCUT2D eigenvalue weighted by Gasteiger charge is 2.65. The smallest absolute Gasteiger partial charge is 0.283 e. The van der Waals surface area contributed by atoms with Gasteiger partial charge in [-0.15, -0.1) is 0 Å². The lowest BCUT2D eigenvalue weighted by Crippen LogP contribution is -2.52. The summed E-state index contributed by atoms with van der Waals surface area (Å²) in [6.45, 7) is 0.541. The second-order valence-corrected chi connectivity index (χ2v) is 2.79. The van der Waals surface area contributed by atoms with Crippen molar-refractivity contribution in [3.05, 3.63) is 0 Å². The Kier molecular flexibility index (Phi) is 3.73. The summed E-state index contributed by atoms with van der Waals surface area (Å²) in [5.74, 6) is -17.6. The normalized spacial score (nSPS) is 13.8. The van der Waals surface area contributed by atoms with Crippen LogP contribution >= 0.6 is 0 Å². The molecule has 0 heterocycles. The monoisotopic (exact) mass is 254 g/mol. The minimum Gasteiger partial charge on any atom is -0.283 e. The first-order chi connectivity index (χ1) is 6.88. The van der Waals surface area contributed by atoms with Crippen LogP contribution < -0.4 is 0 Å². The third-order valence-electron chi connectivity index (χ3n) is 1.65. The molecule has 0 radical (unpaired) electrons. The third kappa shape index (κ3) is 2.50. The van der Waals surface area contributed by atoms with E-state index in [9.17, 15) is 40.3 Å². The van der Waals surface area contributed by atoms with Crippen molar-refractivity contribution in [3.8, 4) is 0 Å². The van der Waals surface area contributed by atoms with Crippen LogP contribution in [0.3, 0.4) is 0 Å². The topological polar surface area (TPSA) is 34.1 Å². The number of ketones is 2. The molecule has 0 rings (SSSR count). The lowest BCUT2D eigenvalue weighted by molar-refractivity contribution is -0.216. The molecular weight excluding hydrogens is 249 g/mol. The molecule has 0 saturated carbocycles. The molecule has 0 aromatic carbocycles. The van der Waals surface area contributed by atoms with Gasteiger partial charge in [-0.25, -0.2) is 0 Å².